The van der Waals surface area contributed by atoms with Gasteiger partial charge in [0.05, 0.1) is 10.9 Å². The largest absolute Gasteiger partial charge is 0.244 e. The summed E-state index contributed by atoms with van der Waals surface area (Å²) in [5.41, 5.74) is 0.636. The highest BCUT2D eigenvalue weighted by Gasteiger charge is 2.28. The number of rotatable bonds is 3. The van der Waals surface area contributed by atoms with Crippen LogP contribution in [0.2, 0.25) is 0 Å². The molecule has 4 nitrogen and oxygen atoms in total. The molecule has 0 saturated heterocycles. The third kappa shape index (κ3) is 2.90. The quantitative estimate of drug-likeness (QED) is 0.855. The van der Waals surface area contributed by atoms with Crippen molar-refractivity contribution in [1.29, 1.82) is 5.26 Å². The number of nitrogens with zero attached hydrogens (tertiary/aromatic N) is 2. The summed E-state index contributed by atoms with van der Waals surface area (Å²) in [4.78, 5) is 4.70. The van der Waals surface area contributed by atoms with Gasteiger partial charge in [0, 0.05) is 0 Å². The van der Waals surface area contributed by atoms with Crippen LogP contribution in [-0.4, -0.2) is 18.7 Å². The average molecular weight is 284 g/mol. The molecule has 0 bridgehead atoms. The molecule has 98 valence electrons. The molecule has 1 aromatic heterocycles. The molecule has 2 rings (SSSR count). The molecule has 1 heterocycles. The predicted molar refractivity (Wildman–Crippen MR) is 71.1 cm³/mol. The molecule has 6 heteroatoms. The zero-order valence-corrected chi connectivity index (χ0v) is 12.0. The standard InChI is InChI=1S/C12H16N2O2S2/c1-9-11(7-13)17-12(14-9)8-18(15,16)10-5-3-2-4-6-10/h10H,2-6,8H2,1H3. The molecular weight excluding hydrogens is 268 g/mol. The van der Waals surface area contributed by atoms with Crippen LogP contribution in [0, 0.1) is 18.3 Å². The van der Waals surface area contributed by atoms with Gasteiger partial charge in [-0.2, -0.15) is 5.26 Å². The fourth-order valence-electron chi connectivity index (χ4n) is 2.33. The van der Waals surface area contributed by atoms with Gasteiger partial charge in [0.15, 0.2) is 9.84 Å². The van der Waals surface area contributed by atoms with Crippen molar-refractivity contribution in [1.82, 2.24) is 4.98 Å². The van der Waals surface area contributed by atoms with Crippen molar-refractivity contribution >= 4 is 21.2 Å². The molecule has 0 unspecified atom stereocenters. The van der Waals surface area contributed by atoms with Crippen molar-refractivity contribution < 1.29 is 8.42 Å². The lowest BCUT2D eigenvalue weighted by Gasteiger charge is -2.21. The molecule has 0 amide bonds. The smallest absolute Gasteiger partial charge is 0.159 e. The van der Waals surface area contributed by atoms with Crippen molar-refractivity contribution in [2.45, 2.75) is 50.0 Å². The van der Waals surface area contributed by atoms with Crippen LogP contribution in [0.25, 0.3) is 0 Å². The highest BCUT2D eigenvalue weighted by Crippen LogP contribution is 2.27. The molecule has 1 aromatic rings. The van der Waals surface area contributed by atoms with Crippen LogP contribution in [0.3, 0.4) is 0 Å². The SMILES string of the molecule is Cc1nc(CS(=O)(=O)C2CCCCC2)sc1C#N. The van der Waals surface area contributed by atoms with Gasteiger partial charge in [-0.1, -0.05) is 19.3 Å². The van der Waals surface area contributed by atoms with Crippen molar-refractivity contribution in [2.75, 3.05) is 0 Å². The molecular formula is C12H16N2O2S2. The second-order valence-corrected chi connectivity index (χ2v) is 8.07. The van der Waals surface area contributed by atoms with Gasteiger partial charge in [0.2, 0.25) is 0 Å². The summed E-state index contributed by atoms with van der Waals surface area (Å²) in [7, 11) is -3.11. The second kappa shape index (κ2) is 5.37. The summed E-state index contributed by atoms with van der Waals surface area (Å²) in [6, 6.07) is 2.04. The van der Waals surface area contributed by atoms with Crippen molar-refractivity contribution in [3.8, 4) is 6.07 Å². The Kier molecular flexibility index (Phi) is 4.03. The Morgan fingerprint density at radius 3 is 2.61 bits per heavy atom. The third-order valence-corrected chi connectivity index (χ3v) is 6.73. The van der Waals surface area contributed by atoms with Gasteiger partial charge in [0.1, 0.15) is 21.7 Å². The van der Waals surface area contributed by atoms with Crippen LogP contribution >= 0.6 is 11.3 Å². The van der Waals surface area contributed by atoms with Crippen molar-refractivity contribution in [3.05, 3.63) is 15.6 Å². The topological polar surface area (TPSA) is 70.8 Å². The Morgan fingerprint density at radius 2 is 2.06 bits per heavy atom. The fourth-order valence-corrected chi connectivity index (χ4v) is 5.41. The van der Waals surface area contributed by atoms with Crippen LogP contribution in [0.15, 0.2) is 0 Å². The Labute approximate surface area is 112 Å². The summed E-state index contributed by atoms with van der Waals surface area (Å²) in [6.07, 6.45) is 4.70. The number of aryl methyl sites for hydroxylation is 1. The number of aromatic nitrogens is 1. The molecule has 0 aliphatic heterocycles. The first-order valence-electron chi connectivity index (χ1n) is 6.11. The van der Waals surface area contributed by atoms with E-state index in [0.29, 0.717) is 15.6 Å². The summed E-state index contributed by atoms with van der Waals surface area (Å²) in [5.74, 6) is -0.00907. The van der Waals surface area contributed by atoms with Crippen molar-refractivity contribution in [2.24, 2.45) is 0 Å². The zero-order chi connectivity index (χ0) is 13.2. The number of hydrogen-bond donors (Lipinski definition) is 0. The lowest BCUT2D eigenvalue weighted by atomic mass is 10.0. The molecule has 0 spiro atoms. The predicted octanol–water partition coefficient (Wildman–Crippen LogP) is 2.57. The minimum Gasteiger partial charge on any atom is -0.244 e. The highest BCUT2D eigenvalue weighted by molar-refractivity contribution is 7.91. The third-order valence-electron chi connectivity index (χ3n) is 3.33. The van der Waals surface area contributed by atoms with Crippen molar-refractivity contribution in [3.63, 3.8) is 0 Å². The van der Waals surface area contributed by atoms with Crippen LogP contribution in [-0.2, 0) is 15.6 Å². The van der Waals surface area contributed by atoms with Gasteiger partial charge in [-0.3, -0.25) is 0 Å². The molecule has 0 atom stereocenters. The van der Waals surface area contributed by atoms with E-state index in [1.807, 2.05) is 6.07 Å². The molecule has 0 aromatic carbocycles. The minimum absolute atomic E-state index is 0.00907. The van der Waals surface area contributed by atoms with E-state index in [4.69, 9.17) is 5.26 Å². The van der Waals surface area contributed by atoms with Gasteiger partial charge in [-0.25, -0.2) is 13.4 Å². The molecule has 1 saturated carbocycles. The Balaban J connectivity index is 2.14. The first-order valence-corrected chi connectivity index (χ1v) is 8.64. The van der Waals surface area contributed by atoms with Crippen LogP contribution < -0.4 is 0 Å². The van der Waals surface area contributed by atoms with Crippen LogP contribution in [0.5, 0.6) is 0 Å². The lowest BCUT2D eigenvalue weighted by molar-refractivity contribution is 0.483. The number of nitriles is 1. The second-order valence-electron chi connectivity index (χ2n) is 4.70. The highest BCUT2D eigenvalue weighted by atomic mass is 32.2. The molecule has 1 fully saturated rings. The summed E-state index contributed by atoms with van der Waals surface area (Å²) >= 11 is 1.20. The number of thiazole rings is 1. The molecule has 1 aliphatic carbocycles. The van der Waals surface area contributed by atoms with Gasteiger partial charge in [-0.05, 0) is 19.8 Å². The lowest BCUT2D eigenvalue weighted by Crippen LogP contribution is -2.25. The Bertz CT molecular complexity index is 563. The van der Waals surface area contributed by atoms with E-state index in [1.54, 1.807) is 6.92 Å². The normalized spacial score (nSPS) is 17.6. The first kappa shape index (κ1) is 13.5. The van der Waals surface area contributed by atoms with Gasteiger partial charge in [-0.15, -0.1) is 11.3 Å². The van der Waals surface area contributed by atoms with E-state index in [0.717, 1.165) is 32.1 Å². The van der Waals surface area contributed by atoms with Crippen LogP contribution in [0.1, 0.15) is 47.7 Å². The van der Waals surface area contributed by atoms with Gasteiger partial charge >= 0.3 is 0 Å². The van der Waals surface area contributed by atoms with E-state index in [9.17, 15) is 8.42 Å². The molecule has 18 heavy (non-hydrogen) atoms. The maximum atomic E-state index is 12.2. The summed E-state index contributed by atoms with van der Waals surface area (Å²) in [5, 5.41) is 9.19. The first-order chi connectivity index (χ1) is 8.53. The van der Waals surface area contributed by atoms with E-state index >= 15 is 0 Å². The minimum atomic E-state index is -3.11. The number of sulfone groups is 1. The van der Waals surface area contributed by atoms with Gasteiger partial charge < -0.3 is 0 Å². The maximum Gasteiger partial charge on any atom is 0.159 e. The van der Waals surface area contributed by atoms with Gasteiger partial charge in [0.25, 0.3) is 0 Å². The number of hydrogen-bond acceptors (Lipinski definition) is 5. The van der Waals surface area contributed by atoms with E-state index in [1.165, 1.54) is 11.3 Å². The Morgan fingerprint density at radius 1 is 1.39 bits per heavy atom. The van der Waals surface area contributed by atoms with E-state index in [2.05, 4.69) is 4.98 Å². The van der Waals surface area contributed by atoms with E-state index in [-0.39, 0.29) is 11.0 Å². The maximum absolute atomic E-state index is 12.2. The molecule has 1 aliphatic rings. The summed E-state index contributed by atoms with van der Waals surface area (Å²) < 4.78 is 24.5. The average Bonchev–Trinajstić information content (AvgIpc) is 2.70. The zero-order valence-electron chi connectivity index (χ0n) is 10.3. The van der Waals surface area contributed by atoms with Crippen LogP contribution in [0.4, 0.5) is 0 Å². The summed E-state index contributed by atoms with van der Waals surface area (Å²) in [6.45, 7) is 1.74. The molecule has 0 radical (unpaired) electrons. The molecule has 0 N–H and O–H groups in total. The fraction of sp³-hybridized carbons (Fsp3) is 0.667. The Hall–Kier alpha value is -0.930. The van der Waals surface area contributed by atoms with E-state index < -0.39 is 9.84 Å². The monoisotopic (exact) mass is 284 g/mol.